The number of carbonyl (C=O) groups is 1. The minimum absolute atomic E-state index is 0.165. The number of rotatable bonds is 5. The van der Waals surface area contributed by atoms with Crippen LogP contribution in [0.2, 0.25) is 0 Å². The molecular weight excluding hydrogens is 356 g/mol. The SMILES string of the molecule is COc1cc(C)ccc1Oc1cc(N2CCN(C(=O)C3CC3)[C@H](C)C2)ncn1. The number of anilines is 1. The van der Waals surface area contributed by atoms with E-state index >= 15 is 0 Å². The molecule has 0 radical (unpaired) electrons. The Kier molecular flexibility index (Phi) is 5.07. The van der Waals surface area contributed by atoms with Gasteiger partial charge in [-0.3, -0.25) is 4.79 Å². The Morgan fingerprint density at radius 3 is 2.68 bits per heavy atom. The van der Waals surface area contributed by atoms with Crippen LogP contribution in [-0.4, -0.2) is 53.6 Å². The molecule has 2 heterocycles. The van der Waals surface area contributed by atoms with Gasteiger partial charge in [-0.2, -0.15) is 0 Å². The van der Waals surface area contributed by atoms with E-state index in [4.69, 9.17) is 9.47 Å². The van der Waals surface area contributed by atoms with Gasteiger partial charge in [-0.15, -0.1) is 0 Å². The fourth-order valence-electron chi connectivity index (χ4n) is 3.59. The van der Waals surface area contributed by atoms with Crippen molar-refractivity contribution in [2.45, 2.75) is 32.7 Å². The van der Waals surface area contributed by atoms with Crippen LogP contribution in [0.15, 0.2) is 30.6 Å². The molecule has 0 unspecified atom stereocenters. The molecule has 1 atom stereocenters. The van der Waals surface area contributed by atoms with E-state index in [1.807, 2.05) is 36.1 Å². The van der Waals surface area contributed by atoms with Gasteiger partial charge >= 0.3 is 0 Å². The van der Waals surface area contributed by atoms with Crippen LogP contribution in [-0.2, 0) is 4.79 Å². The zero-order chi connectivity index (χ0) is 19.7. The van der Waals surface area contributed by atoms with Crippen LogP contribution in [0.4, 0.5) is 5.82 Å². The lowest BCUT2D eigenvalue weighted by Gasteiger charge is -2.40. The van der Waals surface area contributed by atoms with Gasteiger partial charge in [-0.25, -0.2) is 9.97 Å². The first-order chi connectivity index (χ1) is 13.5. The topological polar surface area (TPSA) is 67.8 Å². The van der Waals surface area contributed by atoms with Crippen molar-refractivity contribution in [3.63, 3.8) is 0 Å². The zero-order valence-corrected chi connectivity index (χ0v) is 16.6. The largest absolute Gasteiger partial charge is 0.493 e. The van der Waals surface area contributed by atoms with Crippen LogP contribution in [0.3, 0.4) is 0 Å². The lowest BCUT2D eigenvalue weighted by molar-refractivity contribution is -0.134. The van der Waals surface area contributed by atoms with E-state index in [0.29, 0.717) is 23.3 Å². The maximum absolute atomic E-state index is 12.4. The maximum atomic E-state index is 12.4. The average molecular weight is 382 g/mol. The Balaban J connectivity index is 1.46. The Morgan fingerprint density at radius 2 is 1.96 bits per heavy atom. The van der Waals surface area contributed by atoms with E-state index in [0.717, 1.165) is 43.9 Å². The van der Waals surface area contributed by atoms with Crippen LogP contribution >= 0.6 is 0 Å². The molecule has 0 spiro atoms. The van der Waals surface area contributed by atoms with Gasteiger partial charge in [0, 0.05) is 37.7 Å². The minimum Gasteiger partial charge on any atom is -0.493 e. The normalized spacial score (nSPS) is 19.5. The molecule has 1 saturated carbocycles. The lowest BCUT2D eigenvalue weighted by Crippen LogP contribution is -2.54. The summed E-state index contributed by atoms with van der Waals surface area (Å²) in [4.78, 5) is 25.3. The molecule has 1 aliphatic carbocycles. The van der Waals surface area contributed by atoms with E-state index in [9.17, 15) is 4.79 Å². The molecule has 1 aromatic heterocycles. The highest BCUT2D eigenvalue weighted by Crippen LogP contribution is 2.34. The van der Waals surface area contributed by atoms with Gasteiger partial charge in [0.05, 0.1) is 7.11 Å². The van der Waals surface area contributed by atoms with Crippen LogP contribution in [0.25, 0.3) is 0 Å². The van der Waals surface area contributed by atoms with Crippen molar-refractivity contribution in [2.24, 2.45) is 5.92 Å². The number of aryl methyl sites for hydroxylation is 1. The third kappa shape index (κ3) is 3.88. The molecule has 7 nitrogen and oxygen atoms in total. The van der Waals surface area contributed by atoms with Crippen LogP contribution in [0.1, 0.15) is 25.3 Å². The van der Waals surface area contributed by atoms with Crippen molar-refractivity contribution >= 4 is 11.7 Å². The van der Waals surface area contributed by atoms with E-state index in [1.54, 1.807) is 7.11 Å². The number of benzene rings is 1. The first-order valence-electron chi connectivity index (χ1n) is 9.75. The zero-order valence-electron chi connectivity index (χ0n) is 16.6. The van der Waals surface area contributed by atoms with Crippen molar-refractivity contribution in [2.75, 3.05) is 31.6 Å². The van der Waals surface area contributed by atoms with Gasteiger partial charge in [-0.1, -0.05) is 6.07 Å². The summed E-state index contributed by atoms with van der Waals surface area (Å²) in [5.41, 5.74) is 1.10. The molecule has 0 N–H and O–H groups in total. The fourth-order valence-corrected chi connectivity index (χ4v) is 3.59. The number of nitrogens with zero attached hydrogens (tertiary/aromatic N) is 4. The van der Waals surface area contributed by atoms with Gasteiger partial charge in [0.25, 0.3) is 0 Å². The predicted octanol–water partition coefficient (Wildman–Crippen LogP) is 3.03. The summed E-state index contributed by atoms with van der Waals surface area (Å²) in [6, 6.07) is 7.77. The molecule has 28 heavy (non-hydrogen) atoms. The van der Waals surface area contributed by atoms with Gasteiger partial charge in [0.2, 0.25) is 11.8 Å². The predicted molar refractivity (Wildman–Crippen MR) is 106 cm³/mol. The minimum atomic E-state index is 0.165. The number of methoxy groups -OCH3 is 1. The number of carbonyl (C=O) groups excluding carboxylic acids is 1. The van der Waals surface area contributed by atoms with E-state index in [-0.39, 0.29) is 12.0 Å². The van der Waals surface area contributed by atoms with Crippen molar-refractivity contribution in [1.29, 1.82) is 0 Å². The number of aromatic nitrogens is 2. The summed E-state index contributed by atoms with van der Waals surface area (Å²) in [6.07, 6.45) is 3.60. The van der Waals surface area contributed by atoms with Crippen molar-refractivity contribution in [1.82, 2.24) is 14.9 Å². The van der Waals surface area contributed by atoms with E-state index in [1.165, 1.54) is 6.33 Å². The molecule has 1 saturated heterocycles. The summed E-state index contributed by atoms with van der Waals surface area (Å²) in [5, 5.41) is 0. The molecule has 148 valence electrons. The number of ether oxygens (including phenoxy) is 2. The number of amides is 1. The van der Waals surface area contributed by atoms with Crippen LogP contribution in [0, 0.1) is 12.8 Å². The Hall–Kier alpha value is -2.83. The van der Waals surface area contributed by atoms with Crippen molar-refractivity contribution < 1.29 is 14.3 Å². The second-order valence-corrected chi connectivity index (χ2v) is 7.57. The third-order valence-electron chi connectivity index (χ3n) is 5.32. The molecule has 4 rings (SSSR count). The Bertz CT molecular complexity index is 868. The lowest BCUT2D eigenvalue weighted by atomic mass is 10.1. The first kappa shape index (κ1) is 18.5. The van der Waals surface area contributed by atoms with E-state index in [2.05, 4.69) is 21.8 Å². The van der Waals surface area contributed by atoms with Crippen LogP contribution < -0.4 is 14.4 Å². The summed E-state index contributed by atoms with van der Waals surface area (Å²) in [5.74, 6) is 3.13. The molecule has 1 amide bonds. The standard InChI is InChI=1S/C21H26N4O3/c1-14-4-7-17(18(10-14)27-3)28-20-11-19(22-13-23-20)24-8-9-25(15(2)12-24)21(26)16-5-6-16/h4,7,10-11,13,15-16H,5-6,8-9,12H2,1-3H3/t15-/m1/s1. The van der Waals surface area contributed by atoms with Gasteiger partial charge in [0.15, 0.2) is 11.5 Å². The van der Waals surface area contributed by atoms with Gasteiger partial charge in [0.1, 0.15) is 12.1 Å². The molecule has 2 fully saturated rings. The maximum Gasteiger partial charge on any atom is 0.226 e. The number of hydrogen-bond acceptors (Lipinski definition) is 6. The molecule has 2 aromatic rings. The summed E-state index contributed by atoms with van der Waals surface area (Å²) >= 11 is 0. The highest BCUT2D eigenvalue weighted by molar-refractivity contribution is 5.81. The average Bonchev–Trinajstić information content (AvgIpc) is 3.54. The second-order valence-electron chi connectivity index (χ2n) is 7.57. The molecule has 1 aromatic carbocycles. The first-order valence-corrected chi connectivity index (χ1v) is 9.75. The fraction of sp³-hybridized carbons (Fsp3) is 0.476. The second kappa shape index (κ2) is 7.66. The molecule has 0 bridgehead atoms. The van der Waals surface area contributed by atoms with Gasteiger partial charge < -0.3 is 19.3 Å². The molecule has 2 aliphatic rings. The Labute approximate surface area is 165 Å². The monoisotopic (exact) mass is 382 g/mol. The summed E-state index contributed by atoms with van der Waals surface area (Å²) < 4.78 is 11.3. The molecule has 1 aliphatic heterocycles. The Morgan fingerprint density at radius 1 is 1.14 bits per heavy atom. The third-order valence-corrected chi connectivity index (χ3v) is 5.32. The highest BCUT2D eigenvalue weighted by Gasteiger charge is 2.37. The van der Waals surface area contributed by atoms with Crippen molar-refractivity contribution in [3.8, 4) is 17.4 Å². The quantitative estimate of drug-likeness (QED) is 0.792. The van der Waals surface area contributed by atoms with Crippen LogP contribution in [0.5, 0.6) is 17.4 Å². The highest BCUT2D eigenvalue weighted by atomic mass is 16.5. The molecule has 7 heteroatoms. The summed E-state index contributed by atoms with van der Waals surface area (Å²) in [6.45, 7) is 6.34. The van der Waals surface area contributed by atoms with Crippen molar-refractivity contribution in [3.05, 3.63) is 36.2 Å². The van der Waals surface area contributed by atoms with E-state index < -0.39 is 0 Å². The number of piperazine rings is 1. The molecular formula is C21H26N4O3. The summed E-state index contributed by atoms with van der Waals surface area (Å²) in [7, 11) is 1.62. The number of hydrogen-bond donors (Lipinski definition) is 0. The smallest absolute Gasteiger partial charge is 0.226 e. The van der Waals surface area contributed by atoms with Gasteiger partial charge in [-0.05, 0) is 44.4 Å².